The van der Waals surface area contributed by atoms with Gasteiger partial charge in [-0.2, -0.15) is 0 Å². The van der Waals surface area contributed by atoms with Crippen molar-refractivity contribution in [3.63, 3.8) is 0 Å². The smallest absolute Gasteiger partial charge is 0.120 e. The average Bonchev–Trinajstić information content (AvgIpc) is 2.25. The number of aliphatic hydroxyl groups excluding tert-OH is 4. The van der Waals surface area contributed by atoms with Crippen LogP contribution in [0, 0.1) is 0 Å². The lowest BCUT2D eigenvalue weighted by Gasteiger charge is -2.48. The van der Waals surface area contributed by atoms with E-state index in [9.17, 15) is 49.1 Å². The van der Waals surface area contributed by atoms with Gasteiger partial charge in [-0.15, -0.1) is 0 Å². The molecule has 0 aromatic rings. The van der Waals surface area contributed by atoms with Crippen molar-refractivity contribution >= 4 is 15.6 Å². The fourth-order valence-electron chi connectivity index (χ4n) is 1.72. The Labute approximate surface area is 111 Å². The summed E-state index contributed by atoms with van der Waals surface area (Å²) in [5.41, 5.74) is 0. The third kappa shape index (κ3) is 4.53. The van der Waals surface area contributed by atoms with Gasteiger partial charge in [-0.25, -0.2) is 0 Å². The van der Waals surface area contributed by atoms with Crippen LogP contribution in [0.15, 0.2) is 0 Å². The number of hydrogen-bond acceptors (Lipinski definition) is 12. The second-order valence-electron chi connectivity index (χ2n) is 4.00. The van der Waals surface area contributed by atoms with Crippen LogP contribution in [0.3, 0.4) is 0 Å². The van der Waals surface area contributed by atoms with Gasteiger partial charge >= 0.3 is 0 Å². The van der Waals surface area contributed by atoms with E-state index in [1.165, 1.54) is 0 Å². The normalized spacial score (nSPS) is 39.8. The second-order valence-corrected chi connectivity index (χ2v) is 6.21. The van der Waals surface area contributed by atoms with E-state index in [0.717, 1.165) is 0 Å². The number of hydrogen-bond donors (Lipinski definition) is 4. The lowest BCUT2D eigenvalue weighted by Crippen LogP contribution is -2.65. The SMILES string of the molecule is O=P([O-])([O-])O[C@@H]1[C@H](O)[C@@H](O)[C@H](O)[C@@H](O)[C@@H]1OP(=O)([O-])[O-]. The van der Waals surface area contributed by atoms with E-state index in [0.29, 0.717) is 0 Å². The highest BCUT2D eigenvalue weighted by molar-refractivity contribution is 7.43. The first-order chi connectivity index (χ1) is 8.83. The lowest BCUT2D eigenvalue weighted by molar-refractivity contribution is -0.366. The zero-order valence-electron chi connectivity index (χ0n) is 9.41. The highest BCUT2D eigenvalue weighted by Gasteiger charge is 2.51. The van der Waals surface area contributed by atoms with E-state index in [1.54, 1.807) is 0 Å². The Morgan fingerprint density at radius 3 is 1.10 bits per heavy atom. The minimum absolute atomic E-state index is 2.17. The quantitative estimate of drug-likeness (QED) is 0.352. The van der Waals surface area contributed by atoms with Crippen LogP contribution in [0.5, 0.6) is 0 Å². The Kier molecular flexibility index (Phi) is 5.48. The van der Waals surface area contributed by atoms with Gasteiger partial charge in [-0.05, 0) is 0 Å². The molecule has 0 heterocycles. The third-order valence-electron chi connectivity index (χ3n) is 2.55. The van der Waals surface area contributed by atoms with Gasteiger partial charge < -0.3 is 58.2 Å². The standard InChI is InChI=1S/C6H14O12P2/c7-1-2(8)4(10)6(18-20(14,15)16)5(3(1)9)17-19(11,12)13/h1-10H,(H2,11,12,13)(H2,14,15,16)/p-4/t1-,2-,3+,4+,5-,6+/m0/s1. The van der Waals surface area contributed by atoms with Gasteiger partial charge in [0.1, 0.15) is 36.6 Å². The maximum absolute atomic E-state index is 10.5. The largest absolute Gasteiger partial charge is 0.790 e. The molecule has 0 aromatic carbocycles. The predicted octanol–water partition coefficient (Wildman–Crippen LogP) is -6.13. The highest BCUT2D eigenvalue weighted by Crippen LogP contribution is 2.40. The Balaban J connectivity index is 3.09. The van der Waals surface area contributed by atoms with Crippen LogP contribution in [0.2, 0.25) is 0 Å². The van der Waals surface area contributed by atoms with Gasteiger partial charge in [-0.1, -0.05) is 0 Å². The van der Waals surface area contributed by atoms with Crippen molar-refractivity contribution < 1.29 is 58.2 Å². The minimum atomic E-state index is -5.78. The van der Waals surface area contributed by atoms with Gasteiger partial charge in [0.05, 0.1) is 15.6 Å². The monoisotopic (exact) mass is 336 g/mol. The molecule has 1 fully saturated rings. The first-order valence-corrected chi connectivity index (χ1v) is 7.89. The Hall–Kier alpha value is 0.0600. The van der Waals surface area contributed by atoms with E-state index < -0.39 is 52.3 Å². The summed E-state index contributed by atoms with van der Waals surface area (Å²) in [5, 5.41) is 37.4. The van der Waals surface area contributed by atoms with Crippen molar-refractivity contribution in [1.29, 1.82) is 0 Å². The van der Waals surface area contributed by atoms with Crippen LogP contribution in [0.4, 0.5) is 0 Å². The average molecular weight is 336 g/mol. The summed E-state index contributed by atoms with van der Waals surface area (Å²) < 4.78 is 28.5. The molecule has 0 aromatic heterocycles. The van der Waals surface area contributed by atoms with E-state index >= 15 is 0 Å². The molecule has 1 rings (SSSR count). The molecule has 12 nitrogen and oxygen atoms in total. The summed E-state index contributed by atoms with van der Waals surface area (Å²) >= 11 is 0. The number of rotatable bonds is 4. The summed E-state index contributed by atoms with van der Waals surface area (Å²) in [6.45, 7) is 0. The molecule has 0 unspecified atom stereocenters. The number of phosphoric ester groups is 2. The maximum Gasteiger partial charge on any atom is 0.120 e. The van der Waals surface area contributed by atoms with Crippen molar-refractivity contribution in [1.82, 2.24) is 0 Å². The second kappa shape index (κ2) is 6.05. The van der Waals surface area contributed by atoms with Crippen molar-refractivity contribution in [2.75, 3.05) is 0 Å². The molecule has 1 aliphatic rings. The van der Waals surface area contributed by atoms with Gasteiger partial charge in [0, 0.05) is 0 Å². The highest BCUT2D eigenvalue weighted by atomic mass is 31.2. The predicted molar refractivity (Wildman–Crippen MR) is 49.0 cm³/mol. The van der Waals surface area contributed by atoms with Crippen molar-refractivity contribution in [2.45, 2.75) is 36.6 Å². The number of phosphoric acid groups is 2. The molecule has 0 aliphatic heterocycles. The van der Waals surface area contributed by atoms with Crippen molar-refractivity contribution in [2.24, 2.45) is 0 Å². The maximum atomic E-state index is 10.5. The van der Waals surface area contributed by atoms with Crippen molar-refractivity contribution in [3.8, 4) is 0 Å². The topological polar surface area (TPSA) is 226 Å². The molecule has 1 aliphatic carbocycles. The Morgan fingerprint density at radius 1 is 0.650 bits per heavy atom. The Bertz CT molecular complexity index is 388. The molecular weight excluding hydrogens is 326 g/mol. The Morgan fingerprint density at radius 2 is 0.900 bits per heavy atom. The molecule has 120 valence electrons. The molecule has 6 atom stereocenters. The molecule has 0 spiro atoms. The summed E-state index contributed by atoms with van der Waals surface area (Å²) in [6.07, 6.45) is -13.7. The van der Waals surface area contributed by atoms with Crippen LogP contribution < -0.4 is 19.6 Å². The molecule has 20 heavy (non-hydrogen) atoms. The van der Waals surface area contributed by atoms with Gasteiger partial charge in [0.25, 0.3) is 0 Å². The molecule has 0 amide bonds. The fraction of sp³-hybridized carbons (Fsp3) is 1.00. The molecular formula is C6H10O12P2-4. The van der Waals surface area contributed by atoms with Crippen LogP contribution in [0.25, 0.3) is 0 Å². The third-order valence-corrected chi connectivity index (χ3v) is 3.55. The van der Waals surface area contributed by atoms with Crippen LogP contribution in [-0.2, 0) is 18.2 Å². The summed E-state index contributed by atoms with van der Waals surface area (Å²) in [6, 6.07) is 0. The van der Waals surface area contributed by atoms with Crippen LogP contribution >= 0.6 is 15.6 Å². The molecule has 0 saturated heterocycles. The fourth-order valence-corrected chi connectivity index (χ4v) is 2.81. The van der Waals surface area contributed by atoms with Gasteiger partial charge in [0.2, 0.25) is 0 Å². The molecule has 0 radical (unpaired) electrons. The van der Waals surface area contributed by atoms with Crippen LogP contribution in [-0.4, -0.2) is 57.0 Å². The summed E-state index contributed by atoms with van der Waals surface area (Å²) in [5.74, 6) is 0. The van der Waals surface area contributed by atoms with E-state index in [4.69, 9.17) is 0 Å². The molecule has 1 saturated carbocycles. The lowest BCUT2D eigenvalue weighted by atomic mass is 9.85. The van der Waals surface area contributed by atoms with Gasteiger partial charge in [-0.3, -0.25) is 0 Å². The molecule has 0 bridgehead atoms. The van der Waals surface area contributed by atoms with Crippen molar-refractivity contribution in [3.05, 3.63) is 0 Å². The molecule has 14 heteroatoms. The zero-order valence-corrected chi connectivity index (χ0v) is 11.2. The summed E-state index contributed by atoms with van der Waals surface area (Å²) in [4.78, 5) is 41.9. The van der Waals surface area contributed by atoms with Crippen LogP contribution in [0.1, 0.15) is 0 Å². The summed E-state index contributed by atoms with van der Waals surface area (Å²) in [7, 11) is -11.6. The van der Waals surface area contributed by atoms with Gasteiger partial charge in [0.15, 0.2) is 0 Å². The van der Waals surface area contributed by atoms with E-state index in [-0.39, 0.29) is 0 Å². The number of aliphatic hydroxyl groups is 4. The minimum Gasteiger partial charge on any atom is -0.790 e. The first-order valence-electron chi connectivity index (χ1n) is 4.96. The first kappa shape index (κ1) is 18.1. The van der Waals surface area contributed by atoms with E-state index in [2.05, 4.69) is 9.05 Å². The zero-order chi connectivity index (χ0) is 15.9. The molecule has 4 N–H and O–H groups in total. The van der Waals surface area contributed by atoms with E-state index in [1.807, 2.05) is 0 Å².